The number of benzene rings is 2. The van der Waals surface area contributed by atoms with E-state index in [2.05, 4.69) is 0 Å². The summed E-state index contributed by atoms with van der Waals surface area (Å²) in [5.74, 6) is -0.242. The van der Waals surface area contributed by atoms with Crippen molar-refractivity contribution in [3.63, 3.8) is 0 Å². The van der Waals surface area contributed by atoms with Crippen molar-refractivity contribution in [2.75, 3.05) is 14.2 Å². The van der Waals surface area contributed by atoms with Gasteiger partial charge in [0, 0.05) is 17.2 Å². The molecule has 0 saturated heterocycles. The number of fused-ring (bicyclic) bond motifs is 1. The van der Waals surface area contributed by atoms with E-state index in [1.165, 1.54) is 30.9 Å². The summed E-state index contributed by atoms with van der Waals surface area (Å²) >= 11 is 0. The fourth-order valence-electron chi connectivity index (χ4n) is 2.58. The van der Waals surface area contributed by atoms with Gasteiger partial charge >= 0.3 is 5.76 Å². The first kappa shape index (κ1) is 16.1. The van der Waals surface area contributed by atoms with Gasteiger partial charge in [-0.2, -0.15) is 0 Å². The molecule has 0 fully saturated rings. The molecule has 1 aromatic heterocycles. The molecule has 0 aliphatic rings. The molecule has 0 spiro atoms. The topological polar surface area (TPSA) is 73.8 Å². The predicted octanol–water partition coefficient (Wildman–Crippen LogP) is 2.29. The van der Waals surface area contributed by atoms with Gasteiger partial charge in [0.15, 0.2) is 11.4 Å². The molecule has 6 nitrogen and oxygen atoms in total. The largest absolute Gasteiger partial charge is 0.497 e. The third-order valence-electron chi connectivity index (χ3n) is 3.84. The van der Waals surface area contributed by atoms with E-state index in [1.807, 2.05) is 0 Å². The molecule has 0 aliphatic carbocycles. The highest BCUT2D eigenvalue weighted by Crippen LogP contribution is 2.27. The second kappa shape index (κ2) is 6.37. The predicted molar refractivity (Wildman–Crippen MR) is 85.0 cm³/mol. The van der Waals surface area contributed by atoms with Crippen molar-refractivity contribution in [3.05, 3.63) is 57.8 Å². The maximum atomic E-state index is 14.5. The Hall–Kier alpha value is -2.80. The van der Waals surface area contributed by atoms with Gasteiger partial charge in [0.1, 0.15) is 17.0 Å². The van der Waals surface area contributed by atoms with Crippen molar-refractivity contribution in [2.45, 2.75) is 13.2 Å². The van der Waals surface area contributed by atoms with Crippen molar-refractivity contribution < 1.29 is 23.4 Å². The lowest BCUT2D eigenvalue weighted by atomic mass is 10.1. The van der Waals surface area contributed by atoms with Crippen molar-refractivity contribution in [1.82, 2.24) is 4.57 Å². The van der Waals surface area contributed by atoms with Gasteiger partial charge in [-0.3, -0.25) is 4.57 Å². The van der Waals surface area contributed by atoms with Crippen LogP contribution >= 0.6 is 0 Å². The van der Waals surface area contributed by atoms with Crippen LogP contribution in [-0.4, -0.2) is 23.9 Å². The van der Waals surface area contributed by atoms with Crippen LogP contribution in [-0.2, 0) is 13.2 Å². The van der Waals surface area contributed by atoms with Crippen molar-refractivity contribution in [1.29, 1.82) is 0 Å². The molecule has 7 heteroatoms. The Labute approximate surface area is 136 Å². The number of halogens is 1. The zero-order chi connectivity index (χ0) is 17.3. The Kier molecular flexibility index (Phi) is 4.26. The smallest absolute Gasteiger partial charge is 0.420 e. The molecular weight excluding hydrogens is 317 g/mol. The molecule has 3 aromatic rings. The fraction of sp³-hybridized carbons (Fsp3) is 0.235. The normalized spacial score (nSPS) is 11.0. The maximum absolute atomic E-state index is 14.5. The Balaban J connectivity index is 2.14. The quantitative estimate of drug-likeness (QED) is 0.775. The number of rotatable bonds is 5. The minimum absolute atomic E-state index is 0.0180. The molecule has 0 unspecified atom stereocenters. The van der Waals surface area contributed by atoms with Gasteiger partial charge < -0.3 is 19.0 Å². The Bertz CT molecular complexity index is 944. The van der Waals surface area contributed by atoms with E-state index < -0.39 is 18.2 Å². The molecular formula is C17H16FNO5. The summed E-state index contributed by atoms with van der Waals surface area (Å²) in [6.45, 7) is -0.405. The second-order valence-electron chi connectivity index (χ2n) is 5.18. The van der Waals surface area contributed by atoms with Crippen LogP contribution in [0, 0.1) is 5.82 Å². The number of nitrogens with zero attached hydrogens (tertiary/aromatic N) is 1. The summed E-state index contributed by atoms with van der Waals surface area (Å²) in [6.07, 6.45) is 0. The number of hydrogen-bond acceptors (Lipinski definition) is 5. The number of methoxy groups -OCH3 is 2. The highest BCUT2D eigenvalue weighted by Gasteiger charge is 2.18. The van der Waals surface area contributed by atoms with Crippen LogP contribution in [0.25, 0.3) is 11.1 Å². The highest BCUT2D eigenvalue weighted by atomic mass is 19.1. The standard InChI is InChI=1S/C17H16FNO5/c1-22-12-5-3-10(14(7-12)23-2)8-19-16-13(24-17(19)21)6-4-11(9-20)15(16)18/h3-7,20H,8-9H2,1-2H3. The first-order valence-electron chi connectivity index (χ1n) is 7.21. The molecule has 126 valence electrons. The van der Waals surface area contributed by atoms with E-state index in [-0.39, 0.29) is 23.2 Å². The zero-order valence-electron chi connectivity index (χ0n) is 13.2. The SMILES string of the molecule is COc1ccc(Cn2c(=O)oc3ccc(CO)c(F)c32)c(OC)c1. The van der Waals surface area contributed by atoms with E-state index in [0.29, 0.717) is 17.1 Å². The van der Waals surface area contributed by atoms with Crippen LogP contribution in [0.5, 0.6) is 11.5 Å². The van der Waals surface area contributed by atoms with Crippen molar-refractivity contribution in [3.8, 4) is 11.5 Å². The third kappa shape index (κ3) is 2.63. The van der Waals surface area contributed by atoms with E-state index >= 15 is 0 Å². The van der Waals surface area contributed by atoms with Crippen LogP contribution < -0.4 is 15.2 Å². The van der Waals surface area contributed by atoms with Gasteiger partial charge in [-0.25, -0.2) is 9.18 Å². The summed E-state index contributed by atoms with van der Waals surface area (Å²) in [5.41, 5.74) is 0.905. The van der Waals surface area contributed by atoms with Gasteiger partial charge in [-0.05, 0) is 24.3 Å². The van der Waals surface area contributed by atoms with Crippen LogP contribution in [0.1, 0.15) is 11.1 Å². The van der Waals surface area contributed by atoms with Gasteiger partial charge in [0.05, 0.1) is 27.4 Å². The molecule has 0 bridgehead atoms. The zero-order valence-corrected chi connectivity index (χ0v) is 13.2. The summed E-state index contributed by atoms with van der Waals surface area (Å²) in [4.78, 5) is 12.1. The average molecular weight is 333 g/mol. The van der Waals surface area contributed by atoms with Gasteiger partial charge in [0.25, 0.3) is 0 Å². The minimum atomic E-state index is -0.683. The molecule has 1 N–H and O–H groups in total. The molecule has 24 heavy (non-hydrogen) atoms. The average Bonchev–Trinajstić information content (AvgIpc) is 2.92. The lowest BCUT2D eigenvalue weighted by Crippen LogP contribution is -2.16. The van der Waals surface area contributed by atoms with Crippen LogP contribution in [0.3, 0.4) is 0 Å². The number of ether oxygens (including phenoxy) is 2. The van der Waals surface area contributed by atoms with Crippen molar-refractivity contribution >= 4 is 11.1 Å². The number of aromatic nitrogens is 1. The van der Waals surface area contributed by atoms with Gasteiger partial charge in [-0.15, -0.1) is 0 Å². The first-order chi connectivity index (χ1) is 11.6. The Morgan fingerprint density at radius 1 is 1.17 bits per heavy atom. The number of oxazole rings is 1. The first-order valence-corrected chi connectivity index (χ1v) is 7.21. The van der Waals surface area contributed by atoms with E-state index in [4.69, 9.17) is 13.9 Å². The van der Waals surface area contributed by atoms with Crippen molar-refractivity contribution in [2.24, 2.45) is 0 Å². The molecule has 3 rings (SSSR count). The molecule has 0 aliphatic heterocycles. The van der Waals surface area contributed by atoms with E-state index in [9.17, 15) is 14.3 Å². The lowest BCUT2D eigenvalue weighted by molar-refractivity contribution is 0.276. The molecule has 0 atom stereocenters. The third-order valence-corrected chi connectivity index (χ3v) is 3.84. The second-order valence-corrected chi connectivity index (χ2v) is 5.18. The Morgan fingerprint density at radius 3 is 2.58 bits per heavy atom. The summed E-state index contributed by atoms with van der Waals surface area (Å²) in [6, 6.07) is 7.99. The molecule has 0 amide bonds. The van der Waals surface area contributed by atoms with E-state index in [0.717, 1.165) is 0 Å². The van der Waals surface area contributed by atoms with E-state index in [1.54, 1.807) is 18.2 Å². The molecule has 0 radical (unpaired) electrons. The summed E-state index contributed by atoms with van der Waals surface area (Å²) in [5, 5.41) is 9.21. The minimum Gasteiger partial charge on any atom is -0.497 e. The molecule has 0 saturated carbocycles. The maximum Gasteiger partial charge on any atom is 0.420 e. The number of aliphatic hydroxyl groups excluding tert-OH is 1. The molecule has 1 heterocycles. The van der Waals surface area contributed by atoms with Gasteiger partial charge in [0.2, 0.25) is 0 Å². The summed E-state index contributed by atoms with van der Waals surface area (Å²) < 4.78 is 31.2. The van der Waals surface area contributed by atoms with Crippen LogP contribution in [0.4, 0.5) is 4.39 Å². The highest BCUT2D eigenvalue weighted by molar-refractivity contribution is 5.75. The number of hydrogen-bond donors (Lipinski definition) is 1. The van der Waals surface area contributed by atoms with Gasteiger partial charge in [-0.1, -0.05) is 0 Å². The Morgan fingerprint density at radius 2 is 1.92 bits per heavy atom. The van der Waals surface area contributed by atoms with Crippen LogP contribution in [0.2, 0.25) is 0 Å². The summed E-state index contributed by atoms with van der Waals surface area (Å²) in [7, 11) is 3.04. The molecule has 2 aromatic carbocycles. The monoisotopic (exact) mass is 333 g/mol. The van der Waals surface area contributed by atoms with Crippen LogP contribution in [0.15, 0.2) is 39.5 Å². The fourth-order valence-corrected chi connectivity index (χ4v) is 2.58. The lowest BCUT2D eigenvalue weighted by Gasteiger charge is -2.11. The number of aliphatic hydroxyl groups is 1.